The fourth-order valence-corrected chi connectivity index (χ4v) is 3.57. The number of hydrogen-bond donors (Lipinski definition) is 0. The van der Waals surface area contributed by atoms with E-state index in [-0.39, 0.29) is 0 Å². The maximum absolute atomic E-state index is 2.38. The molecule has 3 heteroatoms. The van der Waals surface area contributed by atoms with Crippen LogP contribution in [0.5, 0.6) is 0 Å². The van der Waals surface area contributed by atoms with Crippen LogP contribution in [0, 0.1) is 0 Å². The fraction of sp³-hybridized carbons (Fsp3) is 0. The van der Waals surface area contributed by atoms with Gasteiger partial charge in [-0.1, -0.05) is 42.5 Å². The minimum atomic E-state index is 1.18. The van der Waals surface area contributed by atoms with E-state index in [1.165, 1.54) is 28.4 Å². The van der Waals surface area contributed by atoms with E-state index in [0.717, 1.165) is 0 Å². The van der Waals surface area contributed by atoms with Crippen molar-refractivity contribution >= 4 is 51.3 Å². The van der Waals surface area contributed by atoms with Gasteiger partial charge in [-0.15, -0.1) is 0 Å². The maximum atomic E-state index is 2.38. The average Bonchev–Trinajstić information content (AvgIpc) is 2.56. The normalized spacial score (nSPS) is 12.8. The molecule has 0 saturated carbocycles. The number of benzene rings is 3. The molecule has 3 aromatic carbocycles. The number of fused-ring (bicyclic) bond motifs is 2. The second-order valence-electron chi connectivity index (χ2n) is 4.93. The van der Waals surface area contributed by atoms with Crippen molar-refractivity contribution in [3.63, 3.8) is 0 Å². The Morgan fingerprint density at radius 3 is 1.48 bits per heavy atom. The number of nitrogens with zero attached hydrogens (tertiary/aromatic N) is 2. The molecule has 0 unspecified atom stereocenters. The molecule has 0 amide bonds. The van der Waals surface area contributed by atoms with Crippen LogP contribution in [0.15, 0.2) is 78.9 Å². The summed E-state index contributed by atoms with van der Waals surface area (Å²) in [5.74, 6) is 0. The largest absolute Gasteiger partial charge is 0.306 e. The van der Waals surface area contributed by atoms with Crippen molar-refractivity contribution in [2.75, 3.05) is 8.01 Å². The fourth-order valence-electron chi connectivity index (χ4n) is 2.75. The molecule has 0 spiro atoms. The first kappa shape index (κ1) is 12.7. The molecular weight excluding hydrogens is 371 g/mol. The molecule has 3 aromatic rings. The van der Waals surface area contributed by atoms with Crippen LogP contribution in [0.3, 0.4) is 0 Å². The van der Waals surface area contributed by atoms with Crippen LogP contribution in [0.2, 0.25) is 0 Å². The van der Waals surface area contributed by atoms with Gasteiger partial charge in [-0.3, -0.25) is 3.11 Å². The van der Waals surface area contributed by atoms with Gasteiger partial charge >= 0.3 is 0 Å². The SMILES string of the molecule is IN1c2ccccc2N(c2ccccc2)c2ccccc21. The molecule has 1 aliphatic rings. The lowest BCUT2D eigenvalue weighted by molar-refractivity contribution is 1.23. The number of hydrogen-bond acceptors (Lipinski definition) is 2. The Labute approximate surface area is 138 Å². The highest BCUT2D eigenvalue weighted by molar-refractivity contribution is 14.1. The summed E-state index contributed by atoms with van der Waals surface area (Å²) in [6, 6.07) is 27.5. The molecule has 1 heterocycles. The van der Waals surface area contributed by atoms with Crippen LogP contribution >= 0.6 is 22.9 Å². The first-order chi connectivity index (χ1) is 10.4. The van der Waals surface area contributed by atoms with Crippen molar-refractivity contribution in [2.45, 2.75) is 0 Å². The lowest BCUT2D eigenvalue weighted by Crippen LogP contribution is -2.20. The topological polar surface area (TPSA) is 6.48 Å². The van der Waals surface area contributed by atoms with Crippen LogP contribution in [0.25, 0.3) is 0 Å². The van der Waals surface area contributed by atoms with E-state index in [4.69, 9.17) is 0 Å². The van der Waals surface area contributed by atoms with Crippen LogP contribution in [0.1, 0.15) is 0 Å². The van der Waals surface area contributed by atoms with Gasteiger partial charge in [0.2, 0.25) is 0 Å². The minimum absolute atomic E-state index is 1.18. The Bertz CT molecular complexity index is 738. The van der Waals surface area contributed by atoms with Crippen molar-refractivity contribution in [1.29, 1.82) is 0 Å². The van der Waals surface area contributed by atoms with Crippen molar-refractivity contribution in [3.8, 4) is 0 Å². The van der Waals surface area contributed by atoms with Crippen LogP contribution in [-0.4, -0.2) is 0 Å². The van der Waals surface area contributed by atoms with Gasteiger partial charge in [0.05, 0.1) is 45.6 Å². The molecule has 0 fully saturated rings. The van der Waals surface area contributed by atoms with Gasteiger partial charge in [0, 0.05) is 5.69 Å². The van der Waals surface area contributed by atoms with Gasteiger partial charge in [-0.2, -0.15) is 0 Å². The predicted octanol–water partition coefficient (Wildman–Crippen LogP) is 5.96. The third kappa shape index (κ3) is 2.00. The molecule has 1 aliphatic heterocycles. The summed E-state index contributed by atoms with van der Waals surface area (Å²) in [6.45, 7) is 0. The summed E-state index contributed by atoms with van der Waals surface area (Å²) >= 11 is 2.38. The molecule has 21 heavy (non-hydrogen) atoms. The molecule has 4 rings (SSSR count). The van der Waals surface area contributed by atoms with Gasteiger partial charge in [-0.05, 0) is 36.4 Å². The Kier molecular flexibility index (Phi) is 3.07. The molecule has 2 nitrogen and oxygen atoms in total. The zero-order valence-corrected chi connectivity index (χ0v) is 13.4. The molecule has 0 radical (unpaired) electrons. The molecule has 0 saturated heterocycles. The molecule has 0 aliphatic carbocycles. The lowest BCUT2D eigenvalue weighted by atomic mass is 10.1. The zero-order valence-electron chi connectivity index (χ0n) is 11.3. The van der Waals surface area contributed by atoms with Crippen molar-refractivity contribution in [1.82, 2.24) is 0 Å². The first-order valence-corrected chi connectivity index (χ1v) is 7.82. The standard InChI is InChI=1S/C18H13IN2/c19-21-17-12-6-4-10-15(17)20(14-8-2-1-3-9-14)16-11-5-7-13-18(16)21/h1-13H. The number of halogens is 1. The van der Waals surface area contributed by atoms with Gasteiger partial charge < -0.3 is 4.90 Å². The predicted molar refractivity (Wildman–Crippen MR) is 97.3 cm³/mol. The number of para-hydroxylation sites is 5. The van der Waals surface area contributed by atoms with E-state index < -0.39 is 0 Å². The molecule has 102 valence electrons. The number of rotatable bonds is 1. The Balaban J connectivity index is 2.01. The third-order valence-corrected chi connectivity index (χ3v) is 4.72. The first-order valence-electron chi connectivity index (χ1n) is 6.85. The summed E-state index contributed by atoms with van der Waals surface area (Å²) in [6.07, 6.45) is 0. The van der Waals surface area contributed by atoms with E-state index in [1.54, 1.807) is 0 Å². The van der Waals surface area contributed by atoms with E-state index in [0.29, 0.717) is 0 Å². The van der Waals surface area contributed by atoms with E-state index >= 15 is 0 Å². The third-order valence-electron chi connectivity index (χ3n) is 3.68. The van der Waals surface area contributed by atoms with Gasteiger partial charge in [0.25, 0.3) is 0 Å². The summed E-state index contributed by atoms with van der Waals surface area (Å²) in [5.41, 5.74) is 6.01. The lowest BCUT2D eigenvalue weighted by Gasteiger charge is -2.37. The molecule has 0 atom stereocenters. The van der Waals surface area contributed by atoms with Crippen LogP contribution < -0.4 is 8.01 Å². The quantitative estimate of drug-likeness (QED) is 0.378. The maximum Gasteiger partial charge on any atom is 0.0752 e. The van der Waals surface area contributed by atoms with E-state index in [2.05, 4.69) is 110 Å². The highest BCUT2D eigenvalue weighted by atomic mass is 127. The van der Waals surface area contributed by atoms with Gasteiger partial charge in [0.15, 0.2) is 0 Å². The van der Waals surface area contributed by atoms with Crippen LogP contribution in [-0.2, 0) is 0 Å². The summed E-state index contributed by atoms with van der Waals surface area (Å²) in [4.78, 5) is 2.32. The molecule has 0 N–H and O–H groups in total. The van der Waals surface area contributed by atoms with Crippen molar-refractivity contribution in [2.24, 2.45) is 0 Å². The summed E-state index contributed by atoms with van der Waals surface area (Å²) < 4.78 is 2.22. The molecular formula is C18H13IN2. The summed E-state index contributed by atoms with van der Waals surface area (Å²) in [7, 11) is 0. The minimum Gasteiger partial charge on any atom is -0.306 e. The van der Waals surface area contributed by atoms with Crippen molar-refractivity contribution in [3.05, 3.63) is 78.9 Å². The Morgan fingerprint density at radius 1 is 0.524 bits per heavy atom. The van der Waals surface area contributed by atoms with E-state index in [1.807, 2.05) is 0 Å². The Hall–Kier alpha value is -2.01. The highest BCUT2D eigenvalue weighted by Gasteiger charge is 2.27. The van der Waals surface area contributed by atoms with Gasteiger partial charge in [-0.25, -0.2) is 0 Å². The molecule has 0 bridgehead atoms. The number of anilines is 5. The average molecular weight is 384 g/mol. The smallest absolute Gasteiger partial charge is 0.0752 e. The molecule has 0 aromatic heterocycles. The van der Waals surface area contributed by atoms with Crippen molar-refractivity contribution < 1.29 is 0 Å². The van der Waals surface area contributed by atoms with Gasteiger partial charge in [0.1, 0.15) is 0 Å². The van der Waals surface area contributed by atoms with E-state index in [9.17, 15) is 0 Å². The Morgan fingerprint density at radius 2 is 0.952 bits per heavy atom. The van der Waals surface area contributed by atoms with Crippen LogP contribution in [0.4, 0.5) is 28.4 Å². The highest BCUT2D eigenvalue weighted by Crippen LogP contribution is 2.52. The zero-order chi connectivity index (χ0) is 14.2. The second-order valence-corrected chi connectivity index (χ2v) is 5.89. The second kappa shape index (κ2) is 5.07. The monoisotopic (exact) mass is 384 g/mol. The summed E-state index contributed by atoms with van der Waals surface area (Å²) in [5, 5.41) is 0.